The summed E-state index contributed by atoms with van der Waals surface area (Å²) in [5.41, 5.74) is 3.74. The second-order valence-electron chi connectivity index (χ2n) is 4.96. The van der Waals surface area contributed by atoms with E-state index < -0.39 is 0 Å². The average Bonchev–Trinajstić information content (AvgIpc) is 3.03. The summed E-state index contributed by atoms with van der Waals surface area (Å²) in [6, 6.07) is 15.3. The summed E-state index contributed by atoms with van der Waals surface area (Å²) >= 11 is 6.17. The van der Waals surface area contributed by atoms with E-state index in [1.54, 1.807) is 6.33 Å². The first kappa shape index (κ1) is 13.0. The Labute approximate surface area is 131 Å². The molecule has 22 heavy (non-hydrogen) atoms. The van der Waals surface area contributed by atoms with Crippen LogP contribution in [0.3, 0.4) is 0 Å². The van der Waals surface area contributed by atoms with Gasteiger partial charge in [-0.1, -0.05) is 41.9 Å². The van der Waals surface area contributed by atoms with Crippen LogP contribution >= 0.6 is 11.6 Å². The molecule has 0 fully saturated rings. The van der Waals surface area contributed by atoms with Crippen LogP contribution in [0.5, 0.6) is 0 Å². The first-order chi connectivity index (χ1) is 10.8. The van der Waals surface area contributed by atoms with Crippen LogP contribution in [0.2, 0.25) is 5.02 Å². The highest BCUT2D eigenvalue weighted by Gasteiger charge is 2.17. The summed E-state index contributed by atoms with van der Waals surface area (Å²) < 4.78 is 1.81. The van der Waals surface area contributed by atoms with Gasteiger partial charge in [0.2, 0.25) is 0 Å². The van der Waals surface area contributed by atoms with Crippen LogP contribution in [0.15, 0.2) is 54.9 Å². The van der Waals surface area contributed by atoms with Crippen molar-refractivity contribution in [2.75, 3.05) is 0 Å². The van der Waals surface area contributed by atoms with Gasteiger partial charge in [0.15, 0.2) is 11.9 Å². The Hall–Kier alpha value is -2.72. The molecule has 0 atom stereocenters. The molecular weight excluding hydrogens is 298 g/mol. The lowest BCUT2D eigenvalue weighted by molar-refractivity contribution is 0.112. The van der Waals surface area contributed by atoms with Crippen molar-refractivity contribution in [3.63, 3.8) is 0 Å². The number of carbonyl (C=O) groups is 1. The Morgan fingerprint density at radius 3 is 2.68 bits per heavy atom. The maximum absolute atomic E-state index is 11.7. The van der Waals surface area contributed by atoms with Crippen LogP contribution < -0.4 is 0 Å². The zero-order chi connectivity index (χ0) is 15.1. The lowest BCUT2D eigenvalue weighted by Gasteiger charge is -2.12. The van der Waals surface area contributed by atoms with Gasteiger partial charge < -0.3 is 0 Å². The fraction of sp³-hybridized carbons (Fsp3) is 0. The molecule has 0 unspecified atom stereocenters. The Morgan fingerprint density at radius 1 is 1.09 bits per heavy atom. The van der Waals surface area contributed by atoms with Gasteiger partial charge in [-0.3, -0.25) is 9.20 Å². The highest BCUT2D eigenvalue weighted by molar-refractivity contribution is 6.31. The zero-order valence-electron chi connectivity index (χ0n) is 11.4. The van der Waals surface area contributed by atoms with E-state index >= 15 is 0 Å². The van der Waals surface area contributed by atoms with E-state index in [4.69, 9.17) is 11.6 Å². The highest BCUT2D eigenvalue weighted by Crippen LogP contribution is 2.34. The van der Waals surface area contributed by atoms with Gasteiger partial charge in [-0.2, -0.15) is 0 Å². The highest BCUT2D eigenvalue weighted by atomic mass is 35.5. The van der Waals surface area contributed by atoms with Crippen LogP contribution in [0.1, 0.15) is 10.4 Å². The minimum atomic E-state index is 0.512. The van der Waals surface area contributed by atoms with Gasteiger partial charge >= 0.3 is 0 Å². The molecule has 2 aromatic carbocycles. The molecule has 2 aromatic heterocycles. The third kappa shape index (κ3) is 1.81. The summed E-state index contributed by atoms with van der Waals surface area (Å²) in [5, 5.41) is 9.55. The number of aldehydes is 1. The molecule has 0 bridgehead atoms. The third-order valence-corrected chi connectivity index (χ3v) is 3.96. The summed E-state index contributed by atoms with van der Waals surface area (Å²) in [6.07, 6.45) is 2.43. The second-order valence-corrected chi connectivity index (χ2v) is 5.40. The van der Waals surface area contributed by atoms with Gasteiger partial charge in [-0.05, 0) is 23.8 Å². The third-order valence-electron chi connectivity index (χ3n) is 3.73. The minimum Gasteiger partial charge on any atom is -0.298 e. The van der Waals surface area contributed by atoms with E-state index in [2.05, 4.69) is 10.2 Å². The number of nitrogens with zero attached hydrogens (tertiary/aromatic N) is 3. The van der Waals surface area contributed by atoms with Crippen LogP contribution in [0.4, 0.5) is 0 Å². The fourth-order valence-electron chi connectivity index (χ4n) is 2.80. The number of halogens is 1. The minimum absolute atomic E-state index is 0.512. The Morgan fingerprint density at radius 2 is 1.91 bits per heavy atom. The van der Waals surface area contributed by atoms with Crippen LogP contribution in [0, 0.1) is 0 Å². The van der Waals surface area contributed by atoms with Crippen molar-refractivity contribution >= 4 is 34.4 Å². The fourth-order valence-corrected chi connectivity index (χ4v) is 2.97. The number of fused-ring (bicyclic) bond motifs is 3. The lowest BCUT2D eigenvalue weighted by Crippen LogP contribution is -1.98. The standard InChI is InChI=1S/C17H10ClN3O/c18-12-6-7-15-13(8-12)16(11-4-2-1-3-5-11)14(9-22)17-20-19-10-21(15)17/h1-10H. The van der Waals surface area contributed by atoms with Gasteiger partial charge in [0.1, 0.15) is 6.33 Å². The Bertz CT molecular complexity index is 1010. The molecule has 0 aliphatic rings. The topological polar surface area (TPSA) is 47.3 Å². The number of rotatable bonds is 2. The van der Waals surface area contributed by atoms with E-state index in [0.29, 0.717) is 16.2 Å². The van der Waals surface area contributed by atoms with Gasteiger partial charge in [0, 0.05) is 16.0 Å². The molecule has 0 aliphatic heterocycles. The summed E-state index contributed by atoms with van der Waals surface area (Å²) in [6.45, 7) is 0. The van der Waals surface area contributed by atoms with Gasteiger partial charge in [-0.15, -0.1) is 10.2 Å². The van der Waals surface area contributed by atoms with Crippen LogP contribution in [0.25, 0.3) is 27.7 Å². The molecule has 4 aromatic rings. The van der Waals surface area contributed by atoms with Crippen molar-refractivity contribution in [1.29, 1.82) is 0 Å². The first-order valence-corrected chi connectivity index (χ1v) is 7.13. The SMILES string of the molecule is O=Cc1c(-c2ccccc2)c2cc(Cl)ccc2n2cnnc12. The number of pyridine rings is 1. The molecule has 4 rings (SSSR count). The largest absolute Gasteiger partial charge is 0.298 e. The number of hydrogen-bond donors (Lipinski definition) is 0. The molecule has 4 nitrogen and oxygen atoms in total. The summed E-state index contributed by atoms with van der Waals surface area (Å²) in [5.74, 6) is 0. The summed E-state index contributed by atoms with van der Waals surface area (Å²) in [4.78, 5) is 11.7. The lowest BCUT2D eigenvalue weighted by atomic mass is 9.96. The number of hydrogen-bond acceptors (Lipinski definition) is 3. The molecule has 0 amide bonds. The van der Waals surface area contributed by atoms with Crippen molar-refractivity contribution in [3.05, 3.63) is 65.4 Å². The summed E-state index contributed by atoms with van der Waals surface area (Å²) in [7, 11) is 0. The number of aromatic nitrogens is 3. The van der Waals surface area contributed by atoms with E-state index in [1.165, 1.54) is 0 Å². The van der Waals surface area contributed by atoms with E-state index in [0.717, 1.165) is 28.3 Å². The molecular formula is C17H10ClN3O. The molecule has 0 radical (unpaired) electrons. The first-order valence-electron chi connectivity index (χ1n) is 6.75. The molecule has 0 saturated heterocycles. The monoisotopic (exact) mass is 307 g/mol. The van der Waals surface area contributed by atoms with Crippen molar-refractivity contribution in [2.45, 2.75) is 0 Å². The van der Waals surface area contributed by atoms with Crippen molar-refractivity contribution in [3.8, 4) is 11.1 Å². The van der Waals surface area contributed by atoms with Crippen molar-refractivity contribution in [1.82, 2.24) is 14.6 Å². The van der Waals surface area contributed by atoms with Crippen molar-refractivity contribution in [2.24, 2.45) is 0 Å². The maximum Gasteiger partial charge on any atom is 0.172 e. The van der Waals surface area contributed by atoms with Gasteiger partial charge in [-0.25, -0.2) is 0 Å². The molecule has 0 N–H and O–H groups in total. The zero-order valence-corrected chi connectivity index (χ0v) is 12.2. The average molecular weight is 308 g/mol. The Kier molecular flexibility index (Phi) is 2.91. The molecule has 0 aliphatic carbocycles. The van der Waals surface area contributed by atoms with Gasteiger partial charge in [0.25, 0.3) is 0 Å². The van der Waals surface area contributed by atoms with Gasteiger partial charge in [0.05, 0.1) is 11.1 Å². The molecule has 0 spiro atoms. The molecule has 5 heteroatoms. The predicted octanol–water partition coefficient (Wildman–Crippen LogP) is 4.02. The number of benzene rings is 2. The van der Waals surface area contributed by atoms with Crippen LogP contribution in [-0.4, -0.2) is 20.9 Å². The molecule has 2 heterocycles. The van der Waals surface area contributed by atoms with Crippen LogP contribution in [-0.2, 0) is 0 Å². The Balaban J connectivity index is 2.28. The molecule has 106 valence electrons. The van der Waals surface area contributed by atoms with E-state index in [9.17, 15) is 4.79 Å². The quantitative estimate of drug-likeness (QED) is 0.526. The smallest absolute Gasteiger partial charge is 0.172 e. The maximum atomic E-state index is 11.7. The second kappa shape index (κ2) is 4.93. The van der Waals surface area contributed by atoms with Crippen molar-refractivity contribution < 1.29 is 4.79 Å². The predicted molar refractivity (Wildman–Crippen MR) is 86.3 cm³/mol. The number of carbonyl (C=O) groups excluding carboxylic acids is 1. The van der Waals surface area contributed by atoms with E-state index in [-0.39, 0.29) is 0 Å². The normalized spacial score (nSPS) is 11.1. The molecule has 0 saturated carbocycles. The van der Waals surface area contributed by atoms with E-state index in [1.807, 2.05) is 52.9 Å².